The minimum atomic E-state index is -0.319. The van der Waals surface area contributed by atoms with E-state index in [0.717, 1.165) is 42.4 Å². The fourth-order valence-electron chi connectivity index (χ4n) is 2.38. The number of carbonyl (C=O) groups excluding carboxylic acids is 2. The summed E-state index contributed by atoms with van der Waals surface area (Å²) in [4.78, 5) is 25.0. The van der Waals surface area contributed by atoms with E-state index in [0.29, 0.717) is 6.54 Å². The molecular weight excluding hydrogens is 290 g/mol. The number of hydrogen-bond acceptors (Lipinski definition) is 6. The second-order valence-electron chi connectivity index (χ2n) is 5.18. The monoisotopic (exact) mass is 311 g/mol. The van der Waals surface area contributed by atoms with Gasteiger partial charge in [0.1, 0.15) is 10.0 Å². The molecule has 0 aliphatic carbocycles. The van der Waals surface area contributed by atoms with Crippen LogP contribution in [0.4, 0.5) is 0 Å². The van der Waals surface area contributed by atoms with Gasteiger partial charge in [-0.05, 0) is 32.4 Å². The standard InChI is InChI=1S/C13H21N5O2S/c1-2-11-16-17-12(21-11)7-15-13(20)9-3-5-18(6-4-9)8-10(14)19/h9H,2-8H2,1H3,(H2,14,19)(H,15,20). The average molecular weight is 311 g/mol. The van der Waals surface area contributed by atoms with Crippen LogP contribution in [0.25, 0.3) is 0 Å². The summed E-state index contributed by atoms with van der Waals surface area (Å²) < 4.78 is 0. The Balaban J connectivity index is 1.73. The quantitative estimate of drug-likeness (QED) is 0.765. The maximum Gasteiger partial charge on any atom is 0.231 e. The van der Waals surface area contributed by atoms with E-state index in [2.05, 4.69) is 15.5 Å². The molecule has 2 heterocycles. The van der Waals surface area contributed by atoms with E-state index in [-0.39, 0.29) is 24.3 Å². The average Bonchev–Trinajstić information content (AvgIpc) is 2.93. The predicted molar refractivity (Wildman–Crippen MR) is 79.5 cm³/mol. The van der Waals surface area contributed by atoms with Gasteiger partial charge in [-0.25, -0.2) is 0 Å². The maximum atomic E-state index is 12.1. The van der Waals surface area contributed by atoms with E-state index >= 15 is 0 Å². The summed E-state index contributed by atoms with van der Waals surface area (Å²) in [6.07, 6.45) is 2.38. The molecule has 0 saturated carbocycles. The van der Waals surface area contributed by atoms with Gasteiger partial charge >= 0.3 is 0 Å². The van der Waals surface area contributed by atoms with E-state index in [1.807, 2.05) is 11.8 Å². The number of nitrogens with zero attached hydrogens (tertiary/aromatic N) is 3. The van der Waals surface area contributed by atoms with E-state index in [4.69, 9.17) is 5.73 Å². The van der Waals surface area contributed by atoms with Crippen molar-refractivity contribution in [3.8, 4) is 0 Å². The van der Waals surface area contributed by atoms with Crippen molar-refractivity contribution >= 4 is 23.2 Å². The Bertz CT molecular complexity index is 497. The second-order valence-corrected chi connectivity index (χ2v) is 6.32. The molecule has 116 valence electrons. The summed E-state index contributed by atoms with van der Waals surface area (Å²) in [5.41, 5.74) is 5.17. The van der Waals surface area contributed by atoms with Gasteiger partial charge in [0.2, 0.25) is 11.8 Å². The molecule has 0 aromatic carbocycles. The molecule has 0 spiro atoms. The summed E-state index contributed by atoms with van der Waals surface area (Å²) in [7, 11) is 0. The highest BCUT2D eigenvalue weighted by molar-refractivity contribution is 7.11. The largest absolute Gasteiger partial charge is 0.369 e. The highest BCUT2D eigenvalue weighted by Gasteiger charge is 2.25. The number of aryl methyl sites for hydroxylation is 1. The van der Waals surface area contributed by atoms with Crippen LogP contribution in [-0.2, 0) is 22.6 Å². The number of piperidine rings is 1. The Kier molecular flexibility index (Phi) is 5.63. The molecule has 2 rings (SSSR count). The third-order valence-corrected chi connectivity index (χ3v) is 4.63. The first kappa shape index (κ1) is 15.8. The van der Waals surface area contributed by atoms with Crippen LogP contribution in [0.2, 0.25) is 0 Å². The van der Waals surface area contributed by atoms with Gasteiger partial charge in [0.15, 0.2) is 0 Å². The van der Waals surface area contributed by atoms with Crippen molar-refractivity contribution in [2.24, 2.45) is 11.7 Å². The van der Waals surface area contributed by atoms with Crippen molar-refractivity contribution in [2.45, 2.75) is 32.7 Å². The summed E-state index contributed by atoms with van der Waals surface area (Å²) in [5.74, 6) is -0.254. The fraction of sp³-hybridized carbons (Fsp3) is 0.692. The zero-order valence-electron chi connectivity index (χ0n) is 12.2. The molecule has 8 heteroatoms. The molecule has 0 bridgehead atoms. The number of amides is 2. The van der Waals surface area contributed by atoms with Crippen molar-refractivity contribution in [3.05, 3.63) is 10.0 Å². The molecule has 1 aromatic rings. The first-order chi connectivity index (χ1) is 10.1. The summed E-state index contributed by atoms with van der Waals surface area (Å²) in [5, 5.41) is 12.8. The van der Waals surface area contributed by atoms with Crippen LogP contribution >= 0.6 is 11.3 Å². The lowest BCUT2D eigenvalue weighted by Crippen LogP contribution is -2.43. The van der Waals surface area contributed by atoms with Gasteiger partial charge in [-0.1, -0.05) is 18.3 Å². The SMILES string of the molecule is CCc1nnc(CNC(=O)C2CCN(CC(N)=O)CC2)s1. The number of primary amides is 1. The molecule has 1 aliphatic heterocycles. The normalized spacial score (nSPS) is 16.8. The molecule has 21 heavy (non-hydrogen) atoms. The minimum Gasteiger partial charge on any atom is -0.369 e. The molecule has 1 fully saturated rings. The maximum absolute atomic E-state index is 12.1. The van der Waals surface area contributed by atoms with Crippen LogP contribution in [0.5, 0.6) is 0 Å². The van der Waals surface area contributed by atoms with Crippen molar-refractivity contribution < 1.29 is 9.59 Å². The van der Waals surface area contributed by atoms with Gasteiger partial charge in [0, 0.05) is 5.92 Å². The summed E-state index contributed by atoms with van der Waals surface area (Å²) in [6.45, 7) is 4.22. The van der Waals surface area contributed by atoms with E-state index in [9.17, 15) is 9.59 Å². The molecule has 0 unspecified atom stereocenters. The number of likely N-dealkylation sites (tertiary alicyclic amines) is 1. The van der Waals surface area contributed by atoms with Crippen LogP contribution in [-0.4, -0.2) is 46.5 Å². The van der Waals surface area contributed by atoms with Crippen LogP contribution in [0.15, 0.2) is 0 Å². The van der Waals surface area contributed by atoms with Gasteiger partial charge in [-0.2, -0.15) is 0 Å². The number of nitrogens with one attached hydrogen (secondary N) is 1. The molecule has 1 aliphatic rings. The van der Waals surface area contributed by atoms with Gasteiger partial charge in [-0.15, -0.1) is 10.2 Å². The number of rotatable bonds is 6. The molecule has 1 saturated heterocycles. The predicted octanol–water partition coefficient (Wildman–Crippen LogP) is -0.0860. The molecular formula is C13H21N5O2S. The Morgan fingerprint density at radius 1 is 1.33 bits per heavy atom. The Labute approximate surface area is 127 Å². The van der Waals surface area contributed by atoms with Gasteiger partial charge in [0.05, 0.1) is 13.1 Å². The first-order valence-corrected chi connectivity index (χ1v) is 7.99. The molecule has 2 amide bonds. The zero-order chi connectivity index (χ0) is 15.2. The first-order valence-electron chi connectivity index (χ1n) is 7.18. The Hall–Kier alpha value is -1.54. The third-order valence-electron chi connectivity index (χ3n) is 3.56. The molecule has 0 radical (unpaired) electrons. The van der Waals surface area contributed by atoms with Crippen LogP contribution in [0.3, 0.4) is 0 Å². The third kappa shape index (κ3) is 4.75. The number of hydrogen-bond donors (Lipinski definition) is 2. The van der Waals surface area contributed by atoms with Crippen LogP contribution in [0.1, 0.15) is 29.8 Å². The van der Waals surface area contributed by atoms with Crippen molar-refractivity contribution in [1.82, 2.24) is 20.4 Å². The van der Waals surface area contributed by atoms with Crippen LogP contribution < -0.4 is 11.1 Å². The fourth-order valence-corrected chi connectivity index (χ4v) is 3.11. The Morgan fingerprint density at radius 2 is 2.00 bits per heavy atom. The lowest BCUT2D eigenvalue weighted by molar-refractivity contribution is -0.126. The summed E-state index contributed by atoms with van der Waals surface area (Å²) in [6, 6.07) is 0. The molecule has 7 nitrogen and oxygen atoms in total. The number of carbonyl (C=O) groups is 2. The lowest BCUT2D eigenvalue weighted by Gasteiger charge is -2.30. The Morgan fingerprint density at radius 3 is 2.57 bits per heavy atom. The van der Waals surface area contributed by atoms with E-state index in [1.165, 1.54) is 11.3 Å². The van der Waals surface area contributed by atoms with E-state index in [1.54, 1.807) is 0 Å². The van der Waals surface area contributed by atoms with Gasteiger partial charge in [-0.3, -0.25) is 14.5 Å². The van der Waals surface area contributed by atoms with Gasteiger partial charge in [0.25, 0.3) is 0 Å². The summed E-state index contributed by atoms with van der Waals surface area (Å²) >= 11 is 1.53. The highest BCUT2D eigenvalue weighted by Crippen LogP contribution is 2.17. The minimum absolute atomic E-state index is 0.00712. The van der Waals surface area contributed by atoms with Crippen molar-refractivity contribution in [2.75, 3.05) is 19.6 Å². The second kappa shape index (κ2) is 7.46. The molecule has 0 atom stereocenters. The molecule has 1 aromatic heterocycles. The highest BCUT2D eigenvalue weighted by atomic mass is 32.1. The zero-order valence-corrected chi connectivity index (χ0v) is 13.0. The lowest BCUT2D eigenvalue weighted by atomic mass is 9.96. The van der Waals surface area contributed by atoms with Crippen molar-refractivity contribution in [3.63, 3.8) is 0 Å². The van der Waals surface area contributed by atoms with Crippen LogP contribution in [0, 0.1) is 5.92 Å². The van der Waals surface area contributed by atoms with Gasteiger partial charge < -0.3 is 11.1 Å². The van der Waals surface area contributed by atoms with Crippen molar-refractivity contribution in [1.29, 1.82) is 0 Å². The number of nitrogens with two attached hydrogens (primary N) is 1. The topological polar surface area (TPSA) is 101 Å². The molecule has 3 N–H and O–H groups in total. The smallest absolute Gasteiger partial charge is 0.231 e. The number of aromatic nitrogens is 2. The van der Waals surface area contributed by atoms with E-state index < -0.39 is 0 Å².